The normalized spacial score (nSPS) is 11.8. The third-order valence-corrected chi connectivity index (χ3v) is 11.0. The van der Waals surface area contributed by atoms with Crippen molar-refractivity contribution in [3.8, 4) is 11.1 Å². The quantitative estimate of drug-likeness (QED) is 0.176. The van der Waals surface area contributed by atoms with E-state index in [1.165, 1.54) is 80.1 Å². The van der Waals surface area contributed by atoms with Crippen LogP contribution < -0.4 is 4.90 Å². The summed E-state index contributed by atoms with van der Waals surface area (Å²) in [6.07, 6.45) is 0. The molecule has 0 N–H and O–H groups in total. The first kappa shape index (κ1) is 27.2. The summed E-state index contributed by atoms with van der Waals surface area (Å²) in [5.74, 6) is 0. The van der Waals surface area contributed by atoms with Gasteiger partial charge in [0.15, 0.2) is 0 Å². The summed E-state index contributed by atoms with van der Waals surface area (Å²) in [5, 5.41) is 12.8. The Morgan fingerprint density at radius 1 is 0.375 bits per heavy atom. The average Bonchev–Trinajstić information content (AvgIpc) is 3.54. The zero-order valence-corrected chi connectivity index (χ0v) is 26.9. The predicted octanol–water partition coefficient (Wildman–Crippen LogP) is 13.8. The highest BCUT2D eigenvalue weighted by atomic mass is 32.1. The molecule has 0 unspecified atom stereocenters. The van der Waals surface area contributed by atoms with Crippen molar-refractivity contribution in [2.45, 2.75) is 0 Å². The molecule has 1 aromatic heterocycles. The minimum atomic E-state index is 1.13. The number of benzene rings is 9. The first-order valence-corrected chi connectivity index (χ1v) is 17.3. The van der Waals surface area contributed by atoms with Crippen LogP contribution in [0.25, 0.3) is 74.4 Å². The largest absolute Gasteiger partial charge is 0.310 e. The van der Waals surface area contributed by atoms with Crippen LogP contribution in [-0.4, -0.2) is 0 Å². The Morgan fingerprint density at radius 3 is 1.83 bits per heavy atom. The second kappa shape index (κ2) is 10.8. The Bertz CT molecular complexity index is 2830. The fourth-order valence-electron chi connectivity index (χ4n) is 7.62. The van der Waals surface area contributed by atoms with Crippen molar-refractivity contribution in [3.05, 3.63) is 176 Å². The molecule has 0 aliphatic carbocycles. The van der Waals surface area contributed by atoms with E-state index in [1.54, 1.807) is 0 Å². The van der Waals surface area contributed by atoms with Gasteiger partial charge in [0.2, 0.25) is 0 Å². The first-order chi connectivity index (χ1) is 23.8. The molecule has 2 heteroatoms. The van der Waals surface area contributed by atoms with Gasteiger partial charge in [-0.2, -0.15) is 0 Å². The molecule has 0 fully saturated rings. The first-order valence-electron chi connectivity index (χ1n) is 16.4. The Morgan fingerprint density at radius 2 is 1.00 bits per heavy atom. The standard InChI is InChI=1S/C46H29NS/c1-2-13-34(14-3-1)47(35-26-23-31(24-27-35)38-18-10-19-40-39-17-8-9-20-43(39)48-46(38)40)42-29-33-12-5-7-16-37(33)45-41(42)28-25-32-22-21-30-11-4-6-15-36(30)44(32)45/h1-29H. The number of para-hydroxylation sites is 1. The van der Waals surface area contributed by atoms with Crippen LogP contribution in [0.3, 0.4) is 0 Å². The number of hydrogen-bond acceptors (Lipinski definition) is 2. The lowest BCUT2D eigenvalue weighted by Gasteiger charge is -2.28. The Labute approximate surface area is 282 Å². The van der Waals surface area contributed by atoms with E-state index in [0.29, 0.717) is 0 Å². The van der Waals surface area contributed by atoms with E-state index in [2.05, 4.69) is 181 Å². The lowest BCUT2D eigenvalue weighted by Crippen LogP contribution is -2.10. The Balaban J connectivity index is 1.22. The molecule has 224 valence electrons. The van der Waals surface area contributed by atoms with Gasteiger partial charge in [-0.15, -0.1) is 11.3 Å². The van der Waals surface area contributed by atoms with Crippen LogP contribution in [-0.2, 0) is 0 Å². The van der Waals surface area contributed by atoms with E-state index in [-0.39, 0.29) is 0 Å². The summed E-state index contributed by atoms with van der Waals surface area (Å²) in [6, 6.07) is 64.4. The van der Waals surface area contributed by atoms with Crippen LogP contribution >= 0.6 is 11.3 Å². The van der Waals surface area contributed by atoms with Crippen molar-refractivity contribution in [3.63, 3.8) is 0 Å². The number of anilines is 3. The smallest absolute Gasteiger partial charge is 0.0546 e. The molecule has 0 bridgehead atoms. The van der Waals surface area contributed by atoms with Crippen LogP contribution in [0.5, 0.6) is 0 Å². The molecule has 0 saturated heterocycles. The summed E-state index contributed by atoms with van der Waals surface area (Å²) in [6.45, 7) is 0. The van der Waals surface area contributed by atoms with Crippen molar-refractivity contribution < 1.29 is 0 Å². The number of fused-ring (bicyclic) bond motifs is 10. The summed E-state index contributed by atoms with van der Waals surface area (Å²) in [5.41, 5.74) is 5.93. The van der Waals surface area contributed by atoms with Gasteiger partial charge in [-0.1, -0.05) is 140 Å². The van der Waals surface area contributed by atoms with E-state index in [0.717, 1.165) is 11.4 Å². The summed E-state index contributed by atoms with van der Waals surface area (Å²) in [7, 11) is 0. The van der Waals surface area contributed by atoms with Gasteiger partial charge in [0.1, 0.15) is 0 Å². The van der Waals surface area contributed by atoms with E-state index in [4.69, 9.17) is 0 Å². The van der Waals surface area contributed by atoms with Gasteiger partial charge in [0, 0.05) is 42.3 Å². The molecule has 1 nitrogen and oxygen atoms in total. The van der Waals surface area contributed by atoms with Crippen molar-refractivity contribution in [1.29, 1.82) is 0 Å². The van der Waals surface area contributed by atoms with Crippen LogP contribution in [0.2, 0.25) is 0 Å². The van der Waals surface area contributed by atoms with Gasteiger partial charge in [-0.25, -0.2) is 0 Å². The van der Waals surface area contributed by atoms with E-state index in [9.17, 15) is 0 Å². The van der Waals surface area contributed by atoms with Crippen LogP contribution in [0.15, 0.2) is 176 Å². The lowest BCUT2D eigenvalue weighted by atomic mass is 9.91. The van der Waals surface area contributed by atoms with Crippen LogP contribution in [0.4, 0.5) is 17.1 Å². The molecular formula is C46H29NS. The molecule has 10 rings (SSSR count). The molecular weight excluding hydrogens is 599 g/mol. The van der Waals surface area contributed by atoms with Gasteiger partial charge >= 0.3 is 0 Å². The van der Waals surface area contributed by atoms with Crippen molar-refractivity contribution >= 4 is 91.7 Å². The molecule has 9 aromatic carbocycles. The topological polar surface area (TPSA) is 3.24 Å². The van der Waals surface area contributed by atoms with Crippen LogP contribution in [0.1, 0.15) is 0 Å². The molecule has 0 aliphatic rings. The maximum Gasteiger partial charge on any atom is 0.0546 e. The minimum absolute atomic E-state index is 1.13. The maximum atomic E-state index is 2.43. The maximum absolute atomic E-state index is 2.43. The van der Waals surface area contributed by atoms with Crippen molar-refractivity contribution in [2.75, 3.05) is 4.90 Å². The molecule has 0 radical (unpaired) electrons. The fourth-order valence-corrected chi connectivity index (χ4v) is 8.86. The third kappa shape index (κ3) is 4.17. The summed E-state index contributed by atoms with van der Waals surface area (Å²) < 4.78 is 2.67. The molecule has 0 saturated carbocycles. The zero-order valence-electron chi connectivity index (χ0n) is 26.1. The molecule has 0 spiro atoms. The highest BCUT2D eigenvalue weighted by molar-refractivity contribution is 7.26. The van der Waals surface area contributed by atoms with Gasteiger partial charge in [-0.3, -0.25) is 0 Å². The highest BCUT2D eigenvalue weighted by Gasteiger charge is 2.20. The summed E-state index contributed by atoms with van der Waals surface area (Å²) >= 11 is 1.88. The molecule has 0 amide bonds. The number of nitrogens with zero attached hydrogens (tertiary/aromatic N) is 1. The number of hydrogen-bond donors (Lipinski definition) is 0. The molecule has 1 heterocycles. The fraction of sp³-hybridized carbons (Fsp3) is 0. The molecule has 0 aliphatic heterocycles. The van der Waals surface area contributed by atoms with Gasteiger partial charge in [-0.05, 0) is 79.8 Å². The highest BCUT2D eigenvalue weighted by Crippen LogP contribution is 2.46. The van der Waals surface area contributed by atoms with E-state index >= 15 is 0 Å². The van der Waals surface area contributed by atoms with Gasteiger partial charge in [0.25, 0.3) is 0 Å². The molecule has 0 atom stereocenters. The van der Waals surface area contributed by atoms with E-state index < -0.39 is 0 Å². The van der Waals surface area contributed by atoms with Crippen molar-refractivity contribution in [1.82, 2.24) is 0 Å². The molecule has 48 heavy (non-hydrogen) atoms. The van der Waals surface area contributed by atoms with Crippen LogP contribution in [0, 0.1) is 0 Å². The van der Waals surface area contributed by atoms with Gasteiger partial charge < -0.3 is 4.90 Å². The zero-order chi connectivity index (χ0) is 31.6. The summed E-state index contributed by atoms with van der Waals surface area (Å²) in [4.78, 5) is 2.43. The Hall–Kier alpha value is -5.96. The molecule has 10 aromatic rings. The van der Waals surface area contributed by atoms with Crippen molar-refractivity contribution in [2.24, 2.45) is 0 Å². The van der Waals surface area contributed by atoms with Gasteiger partial charge in [0.05, 0.1) is 5.69 Å². The monoisotopic (exact) mass is 627 g/mol. The predicted molar refractivity (Wildman–Crippen MR) is 209 cm³/mol. The number of rotatable bonds is 4. The SMILES string of the molecule is c1ccc(N(c2ccc(-c3cccc4c3sc3ccccc34)cc2)c2cc3ccccc3c3c2ccc2ccc4ccccc4c23)cc1. The third-order valence-electron chi connectivity index (χ3n) is 9.80. The second-order valence-corrected chi connectivity index (χ2v) is 13.5. The average molecular weight is 628 g/mol. The number of thiophene rings is 1. The van der Waals surface area contributed by atoms with E-state index in [1.807, 2.05) is 11.3 Å². The minimum Gasteiger partial charge on any atom is -0.310 e. The Kier molecular flexibility index (Phi) is 6.12. The second-order valence-electron chi connectivity index (χ2n) is 12.5. The lowest BCUT2D eigenvalue weighted by molar-refractivity contribution is 1.30.